The van der Waals surface area contributed by atoms with Crippen LogP contribution in [0.3, 0.4) is 0 Å². The lowest BCUT2D eigenvalue weighted by atomic mass is 10.1. The quantitative estimate of drug-likeness (QED) is 0.399. The van der Waals surface area contributed by atoms with Gasteiger partial charge in [-0.1, -0.05) is 38.1 Å². The Morgan fingerprint density at radius 2 is 1.70 bits per heavy atom. The van der Waals surface area contributed by atoms with Crippen molar-refractivity contribution >= 4 is 27.5 Å². The molecule has 1 atom stereocenters. The van der Waals surface area contributed by atoms with E-state index < -0.39 is 16.1 Å². The Hall–Kier alpha value is -3.27. The second-order valence-corrected chi connectivity index (χ2v) is 11.2. The van der Waals surface area contributed by atoms with Gasteiger partial charge in [-0.2, -0.15) is 0 Å². The smallest absolute Gasteiger partial charge is 0.242 e. The highest BCUT2D eigenvalue weighted by atomic mass is 32.2. The van der Waals surface area contributed by atoms with Crippen LogP contribution >= 0.6 is 0 Å². The molecule has 0 saturated heterocycles. The normalized spacial score (nSPS) is 12.1. The third kappa shape index (κ3) is 8.96. The van der Waals surface area contributed by atoms with Crippen LogP contribution in [0.25, 0.3) is 0 Å². The molecule has 10 heteroatoms. The summed E-state index contributed by atoms with van der Waals surface area (Å²) in [6, 6.07) is 13.5. The number of benzene rings is 2. The average Bonchev–Trinajstić information content (AvgIpc) is 2.87. The van der Waals surface area contributed by atoms with Crippen molar-refractivity contribution in [1.29, 1.82) is 0 Å². The number of anilines is 1. The number of nitrogens with one attached hydrogen (secondary N) is 1. The number of methoxy groups -OCH3 is 2. The Balaban J connectivity index is 2.21. The lowest BCUT2D eigenvalue weighted by Gasteiger charge is -2.30. The number of sulfonamides is 1. The lowest BCUT2D eigenvalue weighted by molar-refractivity contribution is -0.140. The molecule has 204 valence electrons. The Kier molecular flexibility index (Phi) is 11.2. The van der Waals surface area contributed by atoms with E-state index in [-0.39, 0.29) is 43.7 Å². The van der Waals surface area contributed by atoms with Crippen LogP contribution in [0.15, 0.2) is 48.5 Å². The molecule has 0 aliphatic carbocycles. The highest BCUT2D eigenvalue weighted by molar-refractivity contribution is 7.92. The van der Waals surface area contributed by atoms with E-state index in [4.69, 9.17) is 9.47 Å². The van der Waals surface area contributed by atoms with Gasteiger partial charge in [0.25, 0.3) is 0 Å². The molecule has 1 N–H and O–H groups in total. The van der Waals surface area contributed by atoms with E-state index in [2.05, 4.69) is 5.32 Å². The molecule has 0 aromatic heterocycles. The van der Waals surface area contributed by atoms with Gasteiger partial charge in [-0.05, 0) is 49.1 Å². The molecule has 0 aliphatic rings. The second kappa shape index (κ2) is 13.9. The van der Waals surface area contributed by atoms with Crippen LogP contribution in [0.1, 0.15) is 39.2 Å². The van der Waals surface area contributed by atoms with Crippen molar-refractivity contribution in [3.8, 4) is 11.5 Å². The minimum Gasteiger partial charge on any atom is -0.497 e. The predicted octanol–water partition coefficient (Wildman–Crippen LogP) is 3.44. The molecule has 2 rings (SSSR count). The zero-order chi connectivity index (χ0) is 27.6. The average molecular weight is 534 g/mol. The van der Waals surface area contributed by atoms with Gasteiger partial charge in [0.1, 0.15) is 17.5 Å². The van der Waals surface area contributed by atoms with Crippen LogP contribution in [-0.4, -0.2) is 64.7 Å². The summed E-state index contributed by atoms with van der Waals surface area (Å²) in [5.41, 5.74) is 1.23. The third-order valence-corrected chi connectivity index (χ3v) is 7.02. The van der Waals surface area contributed by atoms with Gasteiger partial charge < -0.3 is 19.7 Å². The minimum atomic E-state index is -3.62. The maximum Gasteiger partial charge on any atom is 0.242 e. The monoisotopic (exact) mass is 533 g/mol. The van der Waals surface area contributed by atoms with Gasteiger partial charge in [-0.25, -0.2) is 8.42 Å². The van der Waals surface area contributed by atoms with Gasteiger partial charge in [0.2, 0.25) is 21.8 Å². The first-order valence-corrected chi connectivity index (χ1v) is 14.1. The molecule has 0 radical (unpaired) electrons. The van der Waals surface area contributed by atoms with Gasteiger partial charge in [0.15, 0.2) is 0 Å². The molecular weight excluding hydrogens is 494 g/mol. The van der Waals surface area contributed by atoms with Gasteiger partial charge in [-0.15, -0.1) is 0 Å². The molecule has 37 heavy (non-hydrogen) atoms. The summed E-state index contributed by atoms with van der Waals surface area (Å²) >= 11 is 0. The van der Waals surface area contributed by atoms with E-state index in [1.54, 1.807) is 38.3 Å². The summed E-state index contributed by atoms with van der Waals surface area (Å²) in [6.07, 6.45) is 1.45. The van der Waals surface area contributed by atoms with Crippen LogP contribution in [-0.2, 0) is 26.2 Å². The number of hydrogen-bond donors (Lipinski definition) is 1. The molecule has 2 aromatic rings. The molecule has 0 unspecified atom stereocenters. The first-order valence-electron chi connectivity index (χ1n) is 12.3. The SMILES string of the molecule is COc1cccc(CN(C(=O)CCCN(c2ccccc2OC)S(C)(=O)=O)[C@H](C)C(=O)NCC(C)C)c1. The molecule has 2 aromatic carbocycles. The van der Waals surface area contributed by atoms with Crippen molar-refractivity contribution in [2.45, 2.75) is 46.2 Å². The summed E-state index contributed by atoms with van der Waals surface area (Å²) in [7, 11) is -0.574. The number of ether oxygens (including phenoxy) is 2. The van der Waals surface area contributed by atoms with Gasteiger partial charge >= 0.3 is 0 Å². The lowest BCUT2D eigenvalue weighted by Crippen LogP contribution is -2.48. The van der Waals surface area contributed by atoms with E-state index in [1.165, 1.54) is 16.3 Å². The number of carbonyl (C=O) groups is 2. The Morgan fingerprint density at radius 3 is 2.32 bits per heavy atom. The zero-order valence-electron chi connectivity index (χ0n) is 22.6. The summed E-state index contributed by atoms with van der Waals surface area (Å²) in [4.78, 5) is 27.8. The first-order chi connectivity index (χ1) is 17.5. The van der Waals surface area contributed by atoms with Crippen LogP contribution < -0.4 is 19.1 Å². The molecule has 0 bridgehead atoms. The molecule has 0 saturated carbocycles. The van der Waals surface area contributed by atoms with Crippen molar-refractivity contribution in [3.63, 3.8) is 0 Å². The van der Waals surface area contributed by atoms with Crippen LogP contribution in [0.5, 0.6) is 11.5 Å². The van der Waals surface area contributed by atoms with Crippen molar-refractivity contribution < 1.29 is 27.5 Å². The Morgan fingerprint density at radius 1 is 1.00 bits per heavy atom. The predicted molar refractivity (Wildman–Crippen MR) is 145 cm³/mol. The zero-order valence-corrected chi connectivity index (χ0v) is 23.4. The van der Waals surface area contributed by atoms with Gasteiger partial charge in [0.05, 0.1) is 26.2 Å². The number of rotatable bonds is 14. The molecule has 0 spiro atoms. The fourth-order valence-electron chi connectivity index (χ4n) is 3.82. The fraction of sp³-hybridized carbons (Fsp3) is 0.481. The molecule has 0 heterocycles. The van der Waals surface area contributed by atoms with E-state index in [0.717, 1.165) is 11.8 Å². The number of carbonyl (C=O) groups excluding carboxylic acids is 2. The van der Waals surface area contributed by atoms with Crippen LogP contribution in [0.2, 0.25) is 0 Å². The van der Waals surface area contributed by atoms with Crippen molar-refractivity contribution in [2.24, 2.45) is 5.92 Å². The number of hydrogen-bond acceptors (Lipinski definition) is 6. The maximum absolute atomic E-state index is 13.4. The largest absolute Gasteiger partial charge is 0.497 e. The topological polar surface area (TPSA) is 105 Å². The van der Waals surface area contributed by atoms with E-state index in [9.17, 15) is 18.0 Å². The van der Waals surface area contributed by atoms with Crippen LogP contribution in [0, 0.1) is 5.92 Å². The summed E-state index contributed by atoms with van der Waals surface area (Å²) < 4.78 is 37.0. The number of para-hydroxylation sites is 2. The third-order valence-electron chi connectivity index (χ3n) is 5.84. The van der Waals surface area contributed by atoms with E-state index in [0.29, 0.717) is 23.7 Å². The second-order valence-electron chi connectivity index (χ2n) is 9.30. The standard InChI is InChI=1S/C27H39N3O6S/c1-20(2)18-28-27(32)21(3)29(19-22-11-9-12-23(17-22)35-4)26(31)15-10-16-30(37(6,33)34)24-13-7-8-14-25(24)36-5/h7-9,11-14,17,20-21H,10,15-16,18-19H2,1-6H3,(H,28,32)/t21-/m1/s1. The first kappa shape index (κ1) is 30.0. The van der Waals surface area contributed by atoms with E-state index >= 15 is 0 Å². The molecule has 0 fully saturated rings. The van der Waals surface area contributed by atoms with Crippen molar-refractivity contribution in [2.75, 3.05) is 37.9 Å². The Bertz CT molecular complexity index is 1150. The highest BCUT2D eigenvalue weighted by Gasteiger charge is 2.27. The fourth-order valence-corrected chi connectivity index (χ4v) is 4.79. The molecule has 0 aliphatic heterocycles. The van der Waals surface area contributed by atoms with Crippen molar-refractivity contribution in [1.82, 2.24) is 10.2 Å². The van der Waals surface area contributed by atoms with Crippen molar-refractivity contribution in [3.05, 3.63) is 54.1 Å². The highest BCUT2D eigenvalue weighted by Crippen LogP contribution is 2.29. The Labute approximate surface area is 220 Å². The molecular formula is C27H39N3O6S. The summed E-state index contributed by atoms with van der Waals surface area (Å²) in [6.45, 7) is 6.51. The minimum absolute atomic E-state index is 0.0624. The van der Waals surface area contributed by atoms with Gasteiger partial charge in [-0.3, -0.25) is 13.9 Å². The van der Waals surface area contributed by atoms with Gasteiger partial charge in [0, 0.05) is 26.1 Å². The number of nitrogens with zero attached hydrogens (tertiary/aromatic N) is 2. The van der Waals surface area contributed by atoms with E-state index in [1.807, 2.05) is 38.1 Å². The van der Waals surface area contributed by atoms with Crippen LogP contribution in [0.4, 0.5) is 5.69 Å². The number of amides is 2. The summed E-state index contributed by atoms with van der Waals surface area (Å²) in [5.74, 6) is 0.868. The maximum atomic E-state index is 13.4. The molecule has 9 nitrogen and oxygen atoms in total. The summed E-state index contributed by atoms with van der Waals surface area (Å²) in [5, 5.41) is 2.89. The molecule has 2 amide bonds.